The number of hydrogen-bond acceptors (Lipinski definition) is 2. The van der Waals surface area contributed by atoms with Crippen LogP contribution in [0.1, 0.15) is 33.6 Å². The van der Waals surface area contributed by atoms with Gasteiger partial charge in [0.15, 0.2) is 5.96 Å². The first-order valence-electron chi connectivity index (χ1n) is 6.66. The molecule has 2 rings (SSSR count). The van der Waals surface area contributed by atoms with Crippen molar-refractivity contribution in [2.75, 3.05) is 25.9 Å². The number of aliphatic imine (C=N–C) groups is 1. The third kappa shape index (κ3) is 3.09. The molecule has 3 nitrogen and oxygen atoms in total. The van der Waals surface area contributed by atoms with E-state index < -0.39 is 0 Å². The molecule has 0 radical (unpaired) electrons. The summed E-state index contributed by atoms with van der Waals surface area (Å²) >= 11 is 2.10. The van der Waals surface area contributed by atoms with Crippen molar-refractivity contribution in [3.8, 4) is 0 Å². The highest BCUT2D eigenvalue weighted by molar-refractivity contribution is 8.00. The van der Waals surface area contributed by atoms with E-state index in [2.05, 4.69) is 47.7 Å². The second kappa shape index (κ2) is 5.09. The molecule has 1 N–H and O–H groups in total. The van der Waals surface area contributed by atoms with Crippen LogP contribution in [-0.4, -0.2) is 48.0 Å². The van der Waals surface area contributed by atoms with Crippen molar-refractivity contribution in [3.05, 3.63) is 0 Å². The van der Waals surface area contributed by atoms with Gasteiger partial charge in [-0.1, -0.05) is 20.8 Å². The SMILES string of the molecule is CCC1CN(C(=NC)NC2CC2(C)C)CCS1. The highest BCUT2D eigenvalue weighted by Gasteiger charge is 2.46. The second-order valence-corrected chi connectivity index (χ2v) is 7.19. The lowest BCUT2D eigenvalue weighted by Crippen LogP contribution is -2.49. The van der Waals surface area contributed by atoms with Crippen molar-refractivity contribution >= 4 is 17.7 Å². The van der Waals surface area contributed by atoms with Gasteiger partial charge in [0.1, 0.15) is 0 Å². The summed E-state index contributed by atoms with van der Waals surface area (Å²) < 4.78 is 0. The molecule has 17 heavy (non-hydrogen) atoms. The zero-order valence-electron chi connectivity index (χ0n) is 11.5. The van der Waals surface area contributed by atoms with E-state index in [1.165, 1.54) is 18.6 Å². The third-order valence-electron chi connectivity index (χ3n) is 3.92. The number of hydrogen-bond donors (Lipinski definition) is 1. The zero-order chi connectivity index (χ0) is 12.5. The van der Waals surface area contributed by atoms with E-state index in [4.69, 9.17) is 0 Å². The van der Waals surface area contributed by atoms with Crippen LogP contribution in [0.15, 0.2) is 4.99 Å². The number of nitrogens with one attached hydrogen (secondary N) is 1. The first-order valence-corrected chi connectivity index (χ1v) is 7.71. The van der Waals surface area contributed by atoms with Crippen LogP contribution in [0.3, 0.4) is 0 Å². The minimum atomic E-state index is 0.463. The molecule has 2 unspecified atom stereocenters. The van der Waals surface area contributed by atoms with Gasteiger partial charge < -0.3 is 10.2 Å². The van der Waals surface area contributed by atoms with Crippen molar-refractivity contribution in [3.63, 3.8) is 0 Å². The molecule has 98 valence electrons. The Morgan fingerprint density at radius 2 is 2.24 bits per heavy atom. The van der Waals surface area contributed by atoms with Gasteiger partial charge in [0.25, 0.3) is 0 Å². The molecule has 2 aliphatic rings. The lowest BCUT2D eigenvalue weighted by Gasteiger charge is -2.34. The Morgan fingerprint density at radius 3 is 2.76 bits per heavy atom. The molecule has 0 spiro atoms. The molecule has 1 saturated carbocycles. The monoisotopic (exact) mass is 255 g/mol. The van der Waals surface area contributed by atoms with Crippen LogP contribution in [0.5, 0.6) is 0 Å². The summed E-state index contributed by atoms with van der Waals surface area (Å²) in [4.78, 5) is 6.88. The smallest absolute Gasteiger partial charge is 0.193 e. The van der Waals surface area contributed by atoms with E-state index in [1.807, 2.05) is 7.05 Å². The molecule has 4 heteroatoms. The van der Waals surface area contributed by atoms with Crippen LogP contribution in [-0.2, 0) is 0 Å². The fourth-order valence-electron chi connectivity index (χ4n) is 2.33. The Balaban J connectivity index is 1.90. The summed E-state index contributed by atoms with van der Waals surface area (Å²) in [6, 6.07) is 0.621. The van der Waals surface area contributed by atoms with E-state index in [9.17, 15) is 0 Å². The summed E-state index contributed by atoms with van der Waals surface area (Å²) in [5.41, 5.74) is 0.463. The molecule has 0 aromatic rings. The predicted octanol–water partition coefficient (Wildman–Crippen LogP) is 2.19. The Bertz CT molecular complexity index is 301. The lowest BCUT2D eigenvalue weighted by atomic mass is 10.2. The molecule has 1 aliphatic heterocycles. The number of guanidine groups is 1. The van der Waals surface area contributed by atoms with Crippen LogP contribution in [0, 0.1) is 5.41 Å². The summed E-state index contributed by atoms with van der Waals surface area (Å²) in [5.74, 6) is 2.34. The fraction of sp³-hybridized carbons (Fsp3) is 0.923. The maximum absolute atomic E-state index is 4.45. The van der Waals surface area contributed by atoms with Crippen LogP contribution in [0.4, 0.5) is 0 Å². The topological polar surface area (TPSA) is 27.6 Å². The molecule has 1 aliphatic carbocycles. The molecular formula is C13H25N3S. The summed E-state index contributed by atoms with van der Waals surface area (Å²) in [6.07, 6.45) is 2.53. The van der Waals surface area contributed by atoms with E-state index in [0.717, 1.165) is 24.3 Å². The molecule has 0 amide bonds. The minimum Gasteiger partial charge on any atom is -0.353 e. The van der Waals surface area contributed by atoms with Crippen molar-refractivity contribution in [1.29, 1.82) is 0 Å². The summed E-state index contributed by atoms with van der Waals surface area (Å²) in [7, 11) is 1.90. The molecule has 0 aromatic carbocycles. The largest absolute Gasteiger partial charge is 0.353 e. The van der Waals surface area contributed by atoms with Gasteiger partial charge in [-0.05, 0) is 18.3 Å². The average molecular weight is 255 g/mol. The normalized spacial score (nSPS) is 32.5. The van der Waals surface area contributed by atoms with Crippen molar-refractivity contribution in [2.45, 2.75) is 44.9 Å². The van der Waals surface area contributed by atoms with E-state index >= 15 is 0 Å². The highest BCUT2D eigenvalue weighted by atomic mass is 32.2. The molecule has 0 bridgehead atoms. The molecule has 2 atom stereocenters. The molecule has 1 heterocycles. The minimum absolute atomic E-state index is 0.463. The van der Waals surface area contributed by atoms with Gasteiger partial charge in [0.2, 0.25) is 0 Å². The first kappa shape index (κ1) is 13.1. The molecular weight excluding hydrogens is 230 g/mol. The maximum atomic E-state index is 4.45. The number of nitrogens with zero attached hydrogens (tertiary/aromatic N) is 2. The van der Waals surface area contributed by atoms with Gasteiger partial charge in [-0.25, -0.2) is 0 Å². The summed E-state index contributed by atoms with van der Waals surface area (Å²) in [6.45, 7) is 9.20. The molecule has 1 saturated heterocycles. The average Bonchev–Trinajstić information content (AvgIpc) is 2.93. The predicted molar refractivity (Wildman–Crippen MR) is 76.8 cm³/mol. The van der Waals surface area contributed by atoms with Crippen molar-refractivity contribution in [2.24, 2.45) is 10.4 Å². The molecule has 0 aromatic heterocycles. The Labute approximate surface area is 109 Å². The van der Waals surface area contributed by atoms with E-state index in [0.29, 0.717) is 11.5 Å². The zero-order valence-corrected chi connectivity index (χ0v) is 12.3. The lowest BCUT2D eigenvalue weighted by molar-refractivity contribution is 0.404. The van der Waals surface area contributed by atoms with Gasteiger partial charge >= 0.3 is 0 Å². The van der Waals surface area contributed by atoms with Crippen molar-refractivity contribution in [1.82, 2.24) is 10.2 Å². The number of rotatable bonds is 2. The first-order chi connectivity index (χ1) is 8.06. The van der Waals surface area contributed by atoms with Gasteiger partial charge in [0.05, 0.1) is 0 Å². The third-order valence-corrected chi connectivity index (χ3v) is 5.29. The van der Waals surface area contributed by atoms with E-state index in [1.54, 1.807) is 0 Å². The Kier molecular flexibility index (Phi) is 3.91. The number of thioether (sulfide) groups is 1. The van der Waals surface area contributed by atoms with Gasteiger partial charge in [-0.3, -0.25) is 4.99 Å². The Hall–Kier alpha value is -0.380. The quantitative estimate of drug-likeness (QED) is 0.605. The van der Waals surface area contributed by atoms with Crippen LogP contribution < -0.4 is 5.32 Å². The van der Waals surface area contributed by atoms with Gasteiger partial charge in [-0.15, -0.1) is 0 Å². The standard InChI is InChI=1S/C13H25N3S/c1-5-10-9-16(6-7-17-10)12(14-4)15-11-8-13(11,2)3/h10-11H,5-9H2,1-4H3,(H,14,15). The van der Waals surface area contributed by atoms with Crippen LogP contribution >= 0.6 is 11.8 Å². The van der Waals surface area contributed by atoms with Crippen LogP contribution in [0.25, 0.3) is 0 Å². The fourth-order valence-corrected chi connectivity index (χ4v) is 3.51. The van der Waals surface area contributed by atoms with Crippen molar-refractivity contribution < 1.29 is 0 Å². The highest BCUT2D eigenvalue weighted by Crippen LogP contribution is 2.44. The Morgan fingerprint density at radius 1 is 1.53 bits per heavy atom. The van der Waals surface area contributed by atoms with Gasteiger partial charge in [-0.2, -0.15) is 11.8 Å². The van der Waals surface area contributed by atoms with Gasteiger partial charge in [0, 0.05) is 37.2 Å². The maximum Gasteiger partial charge on any atom is 0.193 e. The summed E-state index contributed by atoms with van der Waals surface area (Å²) in [5, 5.41) is 4.38. The molecule has 2 fully saturated rings. The second-order valence-electron chi connectivity index (χ2n) is 5.78. The van der Waals surface area contributed by atoms with Crippen LogP contribution in [0.2, 0.25) is 0 Å². The van der Waals surface area contributed by atoms with E-state index in [-0.39, 0.29) is 0 Å².